The number of thiophene rings is 1. The molecule has 42 heavy (non-hydrogen) atoms. The summed E-state index contributed by atoms with van der Waals surface area (Å²) >= 11 is 8.22. The normalized spacial score (nSPS) is 15.1. The lowest BCUT2D eigenvalue weighted by molar-refractivity contribution is -0.132. The lowest BCUT2D eigenvalue weighted by Crippen LogP contribution is -2.36. The summed E-state index contributed by atoms with van der Waals surface area (Å²) in [6, 6.07) is 20.9. The van der Waals surface area contributed by atoms with Crippen LogP contribution in [0, 0.1) is 5.41 Å². The van der Waals surface area contributed by atoms with Gasteiger partial charge in [-0.05, 0) is 59.9 Å². The molecule has 10 heteroatoms. The number of carbonyl (C=O) groups excluding carboxylic acids is 1. The van der Waals surface area contributed by atoms with Gasteiger partial charge in [0.1, 0.15) is 0 Å². The molecule has 0 unspecified atom stereocenters. The average molecular weight is 625 g/mol. The van der Waals surface area contributed by atoms with Crippen molar-refractivity contribution >= 4 is 38.7 Å². The Hall–Kier alpha value is -2.98. The van der Waals surface area contributed by atoms with Crippen LogP contribution in [0.15, 0.2) is 71.6 Å². The Bertz CT molecular complexity index is 1690. The van der Waals surface area contributed by atoms with Gasteiger partial charge < -0.3 is 4.90 Å². The highest BCUT2D eigenvalue weighted by Gasteiger charge is 2.24. The first kappa shape index (κ1) is 30.5. The second-order valence-corrected chi connectivity index (χ2v) is 15.6. The van der Waals surface area contributed by atoms with E-state index in [0.29, 0.717) is 29.4 Å². The topological polar surface area (TPSA) is 75.5 Å². The zero-order chi connectivity index (χ0) is 30.1. The standard InChI is InChI=1S/C32H37ClN4O3S2/c1-32(2,3)21-31(38)36-16-8-15-35(17-18-36)22-24-20-28(37(34-24)27-12-6-5-11-26(27)33)30-14-13-29(41-30)23-9-7-10-25(19-23)42(4,39)40/h5-7,9-14,19-20H,8,15-18,21-22H2,1-4H3. The van der Waals surface area contributed by atoms with Crippen molar-refractivity contribution in [2.45, 2.75) is 45.1 Å². The third-order valence-corrected chi connectivity index (χ3v) is 9.84. The van der Waals surface area contributed by atoms with E-state index in [0.717, 1.165) is 58.4 Å². The summed E-state index contributed by atoms with van der Waals surface area (Å²) in [5.74, 6) is 0.227. The van der Waals surface area contributed by atoms with E-state index >= 15 is 0 Å². The van der Waals surface area contributed by atoms with Crippen molar-refractivity contribution in [1.29, 1.82) is 0 Å². The molecule has 1 aliphatic heterocycles. The molecule has 0 radical (unpaired) electrons. The minimum atomic E-state index is -3.31. The Balaban J connectivity index is 1.42. The number of rotatable bonds is 7. The molecule has 7 nitrogen and oxygen atoms in total. The number of amides is 1. The van der Waals surface area contributed by atoms with Crippen LogP contribution in [0.25, 0.3) is 26.7 Å². The summed E-state index contributed by atoms with van der Waals surface area (Å²) in [5.41, 5.74) is 3.47. The maximum Gasteiger partial charge on any atom is 0.223 e. The van der Waals surface area contributed by atoms with Gasteiger partial charge in [-0.1, -0.05) is 56.6 Å². The molecule has 1 amide bonds. The van der Waals surface area contributed by atoms with Gasteiger partial charge in [-0.25, -0.2) is 13.1 Å². The predicted molar refractivity (Wildman–Crippen MR) is 171 cm³/mol. The zero-order valence-corrected chi connectivity index (χ0v) is 26.9. The molecular formula is C32H37ClN4O3S2. The number of sulfone groups is 1. The minimum absolute atomic E-state index is 0.0246. The first-order chi connectivity index (χ1) is 19.9. The van der Waals surface area contributed by atoms with Gasteiger partial charge in [0.05, 0.1) is 31.9 Å². The highest BCUT2D eigenvalue weighted by Crippen LogP contribution is 2.37. The number of aromatic nitrogens is 2. The van der Waals surface area contributed by atoms with E-state index in [1.54, 1.807) is 29.5 Å². The summed E-state index contributed by atoms with van der Waals surface area (Å²) in [5, 5.41) is 5.62. The van der Waals surface area contributed by atoms with Gasteiger partial charge >= 0.3 is 0 Å². The fourth-order valence-corrected chi connectivity index (χ4v) is 7.06. The van der Waals surface area contributed by atoms with E-state index in [2.05, 4.69) is 31.7 Å². The van der Waals surface area contributed by atoms with Crippen LogP contribution in [0.5, 0.6) is 0 Å². The molecule has 4 aromatic rings. The van der Waals surface area contributed by atoms with Crippen LogP contribution < -0.4 is 0 Å². The number of halogens is 1. The number of benzene rings is 2. The first-order valence-corrected chi connectivity index (χ1v) is 17.2. The molecule has 0 atom stereocenters. The van der Waals surface area contributed by atoms with Crippen LogP contribution in [0.2, 0.25) is 5.02 Å². The Morgan fingerprint density at radius 2 is 1.71 bits per heavy atom. The van der Waals surface area contributed by atoms with Crippen molar-refractivity contribution in [2.75, 3.05) is 32.4 Å². The molecular weight excluding hydrogens is 588 g/mol. The minimum Gasteiger partial charge on any atom is -0.341 e. The van der Waals surface area contributed by atoms with Crippen LogP contribution in [0.3, 0.4) is 0 Å². The molecule has 3 heterocycles. The fraction of sp³-hybridized carbons (Fsp3) is 0.375. The van der Waals surface area contributed by atoms with E-state index < -0.39 is 9.84 Å². The van der Waals surface area contributed by atoms with Crippen molar-refractivity contribution in [1.82, 2.24) is 19.6 Å². The van der Waals surface area contributed by atoms with Crippen LogP contribution in [0.1, 0.15) is 39.3 Å². The van der Waals surface area contributed by atoms with Crippen molar-refractivity contribution in [3.63, 3.8) is 0 Å². The monoisotopic (exact) mass is 624 g/mol. The second-order valence-electron chi connectivity index (χ2n) is 12.1. The SMILES string of the molecule is CC(C)(C)CC(=O)N1CCCN(Cc2cc(-c3ccc(-c4cccc(S(C)(=O)=O)c4)s3)n(-c3ccccc3Cl)n2)CC1. The highest BCUT2D eigenvalue weighted by molar-refractivity contribution is 7.90. The molecule has 0 saturated carbocycles. The summed E-state index contributed by atoms with van der Waals surface area (Å²) in [4.78, 5) is 19.5. The Morgan fingerprint density at radius 3 is 2.45 bits per heavy atom. The fourth-order valence-electron chi connectivity index (χ4n) is 5.17. The maximum absolute atomic E-state index is 12.8. The molecule has 1 saturated heterocycles. The molecule has 2 aromatic heterocycles. The predicted octanol–water partition coefficient (Wildman–Crippen LogP) is 6.80. The van der Waals surface area contributed by atoms with Crippen LogP contribution in [-0.4, -0.2) is 66.3 Å². The molecule has 0 spiro atoms. The van der Waals surface area contributed by atoms with Crippen molar-refractivity contribution < 1.29 is 13.2 Å². The Labute approximate surface area is 257 Å². The van der Waals surface area contributed by atoms with Crippen molar-refractivity contribution in [2.24, 2.45) is 5.41 Å². The summed E-state index contributed by atoms with van der Waals surface area (Å²) in [6.07, 6.45) is 2.70. The van der Waals surface area contributed by atoms with E-state index in [1.807, 2.05) is 52.0 Å². The zero-order valence-electron chi connectivity index (χ0n) is 24.5. The van der Waals surface area contributed by atoms with E-state index in [1.165, 1.54) is 6.26 Å². The van der Waals surface area contributed by atoms with E-state index in [9.17, 15) is 13.2 Å². The molecule has 5 rings (SSSR count). The lowest BCUT2D eigenvalue weighted by Gasteiger charge is -2.25. The highest BCUT2D eigenvalue weighted by atomic mass is 35.5. The van der Waals surface area contributed by atoms with Gasteiger partial charge in [-0.2, -0.15) is 5.10 Å². The van der Waals surface area contributed by atoms with Crippen LogP contribution in [-0.2, 0) is 21.2 Å². The smallest absolute Gasteiger partial charge is 0.223 e. The van der Waals surface area contributed by atoms with Crippen molar-refractivity contribution in [3.8, 4) is 26.7 Å². The summed E-state index contributed by atoms with van der Waals surface area (Å²) < 4.78 is 26.2. The van der Waals surface area contributed by atoms with Gasteiger partial charge in [-0.15, -0.1) is 11.3 Å². The number of hydrogen-bond donors (Lipinski definition) is 0. The van der Waals surface area contributed by atoms with Gasteiger partial charge in [0.25, 0.3) is 0 Å². The van der Waals surface area contributed by atoms with Crippen molar-refractivity contribution in [3.05, 3.63) is 77.4 Å². The molecule has 0 aliphatic carbocycles. The molecule has 0 N–H and O–H groups in total. The summed E-state index contributed by atoms with van der Waals surface area (Å²) in [6.45, 7) is 10.2. The molecule has 2 aromatic carbocycles. The lowest BCUT2D eigenvalue weighted by atomic mass is 9.91. The third kappa shape index (κ3) is 7.32. The molecule has 222 valence electrons. The van der Waals surface area contributed by atoms with E-state index in [-0.39, 0.29) is 11.3 Å². The largest absolute Gasteiger partial charge is 0.341 e. The number of nitrogens with zero attached hydrogens (tertiary/aromatic N) is 4. The summed E-state index contributed by atoms with van der Waals surface area (Å²) in [7, 11) is -3.31. The van der Waals surface area contributed by atoms with Gasteiger partial charge in [0.15, 0.2) is 9.84 Å². The van der Waals surface area contributed by atoms with E-state index in [4.69, 9.17) is 16.7 Å². The number of para-hydroxylation sites is 1. The first-order valence-electron chi connectivity index (χ1n) is 14.1. The van der Waals surface area contributed by atoms with Gasteiger partial charge in [-0.3, -0.25) is 9.69 Å². The van der Waals surface area contributed by atoms with Crippen LogP contribution >= 0.6 is 22.9 Å². The van der Waals surface area contributed by atoms with Gasteiger partial charge in [0.2, 0.25) is 5.91 Å². The second kappa shape index (κ2) is 12.3. The molecule has 0 bridgehead atoms. The van der Waals surface area contributed by atoms with Crippen LogP contribution in [0.4, 0.5) is 0 Å². The average Bonchev–Trinajstić information content (AvgIpc) is 3.50. The third-order valence-electron chi connectivity index (χ3n) is 7.25. The maximum atomic E-state index is 12.8. The molecule has 1 fully saturated rings. The molecule has 1 aliphatic rings. The quantitative estimate of drug-likeness (QED) is 0.226. The van der Waals surface area contributed by atoms with Gasteiger partial charge in [0, 0.05) is 50.3 Å². The number of carbonyl (C=O) groups is 1. The Morgan fingerprint density at radius 1 is 0.952 bits per heavy atom. The Kier molecular flexibility index (Phi) is 8.94. The number of hydrogen-bond acceptors (Lipinski definition) is 6.